The second-order valence-electron chi connectivity index (χ2n) is 7.14. The van der Waals surface area contributed by atoms with Crippen LogP contribution in [0.2, 0.25) is 0 Å². The van der Waals surface area contributed by atoms with Crippen LogP contribution >= 0.6 is 11.3 Å². The topological polar surface area (TPSA) is 73.2 Å². The Balaban J connectivity index is 1.98. The minimum atomic E-state index is -0.352. The van der Waals surface area contributed by atoms with Gasteiger partial charge >= 0.3 is 5.97 Å². The van der Waals surface area contributed by atoms with Crippen LogP contribution in [-0.2, 0) is 11.2 Å². The Morgan fingerprint density at radius 2 is 2.00 bits per heavy atom. The zero-order chi connectivity index (χ0) is 21.0. The molecule has 0 saturated heterocycles. The number of ether oxygens (including phenoxy) is 1. The molecule has 0 aliphatic heterocycles. The Morgan fingerprint density at radius 1 is 1.28 bits per heavy atom. The first-order chi connectivity index (χ1) is 13.9. The van der Waals surface area contributed by atoms with Gasteiger partial charge in [0, 0.05) is 6.07 Å². The number of rotatable bonds is 7. The summed E-state index contributed by atoms with van der Waals surface area (Å²) in [7, 11) is 0. The van der Waals surface area contributed by atoms with Crippen molar-refractivity contribution in [2.75, 3.05) is 11.9 Å². The van der Waals surface area contributed by atoms with Gasteiger partial charge in [0.15, 0.2) is 0 Å². The largest absolute Gasteiger partial charge is 0.462 e. The Morgan fingerprint density at radius 3 is 2.66 bits per heavy atom. The number of aryl methyl sites for hydroxylation is 1. The lowest BCUT2D eigenvalue weighted by atomic mass is 10.0. The number of aromatic nitrogens is 2. The Hall–Kier alpha value is -2.93. The lowest BCUT2D eigenvalue weighted by Gasteiger charge is -2.13. The van der Waals surface area contributed by atoms with Crippen molar-refractivity contribution in [3.8, 4) is 5.69 Å². The van der Waals surface area contributed by atoms with E-state index in [4.69, 9.17) is 4.74 Å². The van der Waals surface area contributed by atoms with E-state index in [1.54, 1.807) is 6.92 Å². The molecule has 0 unspecified atom stereocenters. The third-order valence-electron chi connectivity index (χ3n) is 4.34. The number of benzene rings is 1. The average molecular weight is 412 g/mol. The van der Waals surface area contributed by atoms with Gasteiger partial charge in [-0.2, -0.15) is 9.78 Å². The lowest BCUT2D eigenvalue weighted by molar-refractivity contribution is 0.0526. The molecule has 0 amide bonds. The highest BCUT2D eigenvalue weighted by Gasteiger charge is 2.22. The first-order valence-corrected chi connectivity index (χ1v) is 10.5. The molecule has 0 fully saturated rings. The molecular formula is C22H25N3O3S. The minimum absolute atomic E-state index is 0.249. The second-order valence-corrected chi connectivity index (χ2v) is 8.02. The van der Waals surface area contributed by atoms with Crippen molar-refractivity contribution in [3.63, 3.8) is 0 Å². The summed E-state index contributed by atoms with van der Waals surface area (Å²) < 4.78 is 6.63. The molecule has 7 heteroatoms. The molecule has 152 valence electrons. The van der Waals surface area contributed by atoms with E-state index in [-0.39, 0.29) is 11.5 Å². The van der Waals surface area contributed by atoms with Crippen molar-refractivity contribution in [1.29, 1.82) is 0 Å². The molecule has 6 nitrogen and oxygen atoms in total. The van der Waals surface area contributed by atoms with E-state index in [1.807, 2.05) is 42.6 Å². The van der Waals surface area contributed by atoms with Crippen molar-refractivity contribution in [1.82, 2.24) is 9.78 Å². The number of anilines is 2. The molecule has 2 heterocycles. The minimum Gasteiger partial charge on any atom is -0.462 e. The maximum absolute atomic E-state index is 12.6. The average Bonchev–Trinajstić information content (AvgIpc) is 3.06. The normalized spacial score (nSPS) is 10.9. The van der Waals surface area contributed by atoms with Crippen LogP contribution in [0.5, 0.6) is 0 Å². The molecule has 3 aromatic rings. The van der Waals surface area contributed by atoms with Gasteiger partial charge in [-0.1, -0.05) is 32.0 Å². The van der Waals surface area contributed by atoms with Gasteiger partial charge in [-0.3, -0.25) is 4.79 Å². The summed E-state index contributed by atoms with van der Waals surface area (Å²) >= 11 is 1.43. The number of nitrogens with one attached hydrogen (secondary N) is 1. The summed E-state index contributed by atoms with van der Waals surface area (Å²) in [5, 5.41) is 10.3. The number of carbonyl (C=O) groups is 1. The highest BCUT2D eigenvalue weighted by molar-refractivity contribution is 7.14. The van der Waals surface area contributed by atoms with E-state index < -0.39 is 0 Å². The smallest absolute Gasteiger partial charge is 0.341 e. The van der Waals surface area contributed by atoms with Crippen LogP contribution in [0.1, 0.15) is 42.4 Å². The fourth-order valence-corrected chi connectivity index (χ4v) is 4.02. The molecule has 0 spiro atoms. The van der Waals surface area contributed by atoms with Crippen LogP contribution in [0.25, 0.3) is 5.69 Å². The monoisotopic (exact) mass is 411 g/mol. The second kappa shape index (κ2) is 9.05. The number of carbonyl (C=O) groups excluding carboxylic acids is 1. The Labute approximate surface area is 174 Å². The van der Waals surface area contributed by atoms with Crippen LogP contribution in [0.15, 0.2) is 46.6 Å². The van der Waals surface area contributed by atoms with Crippen molar-refractivity contribution < 1.29 is 9.53 Å². The highest BCUT2D eigenvalue weighted by atomic mass is 32.1. The van der Waals surface area contributed by atoms with E-state index >= 15 is 0 Å². The van der Waals surface area contributed by atoms with Crippen LogP contribution < -0.4 is 10.9 Å². The lowest BCUT2D eigenvalue weighted by Crippen LogP contribution is -2.22. The van der Waals surface area contributed by atoms with Gasteiger partial charge in [0.05, 0.1) is 29.2 Å². The molecule has 0 atom stereocenters. The Bertz CT molecular complexity index is 1050. The van der Waals surface area contributed by atoms with Crippen LogP contribution in [0, 0.1) is 12.8 Å². The van der Waals surface area contributed by atoms with Gasteiger partial charge in [0.2, 0.25) is 0 Å². The highest BCUT2D eigenvalue weighted by Crippen LogP contribution is 2.33. The fraction of sp³-hybridized carbons (Fsp3) is 0.318. The predicted molar refractivity (Wildman–Crippen MR) is 117 cm³/mol. The van der Waals surface area contributed by atoms with Crippen molar-refractivity contribution >= 4 is 28.0 Å². The third kappa shape index (κ3) is 4.74. The van der Waals surface area contributed by atoms with E-state index in [2.05, 4.69) is 24.3 Å². The van der Waals surface area contributed by atoms with E-state index in [1.165, 1.54) is 22.1 Å². The number of hydrogen-bond acceptors (Lipinski definition) is 6. The zero-order valence-electron chi connectivity index (χ0n) is 17.1. The van der Waals surface area contributed by atoms with Crippen LogP contribution in [0.4, 0.5) is 10.7 Å². The summed E-state index contributed by atoms with van der Waals surface area (Å²) in [4.78, 5) is 25.2. The molecule has 0 saturated carbocycles. The summed E-state index contributed by atoms with van der Waals surface area (Å²) in [6.07, 6.45) is 0.777. The van der Waals surface area contributed by atoms with Gasteiger partial charge < -0.3 is 10.1 Å². The molecule has 2 aromatic heterocycles. The number of esters is 1. The number of thiophene rings is 1. The van der Waals surface area contributed by atoms with Gasteiger partial charge in [0.25, 0.3) is 5.56 Å². The molecule has 3 rings (SSSR count). The summed E-state index contributed by atoms with van der Waals surface area (Å²) in [5.41, 5.74) is 3.18. The molecule has 1 N–H and O–H groups in total. The molecule has 1 aromatic carbocycles. The van der Waals surface area contributed by atoms with E-state index in [0.29, 0.717) is 40.2 Å². The standard InChI is InChI=1S/C22H25N3O3S/c1-5-28-22(27)20-16(11-14(2)3)13-29-21(20)23-18-12-19(26)25(24-15(18)4)17-9-7-6-8-10-17/h6-10,12-14,23H,5,11H2,1-4H3. The van der Waals surface area contributed by atoms with Crippen molar-refractivity contribution in [2.24, 2.45) is 5.92 Å². The summed E-state index contributed by atoms with van der Waals surface area (Å²) in [6, 6.07) is 10.8. The fourth-order valence-electron chi connectivity index (χ4n) is 3.05. The predicted octanol–water partition coefficient (Wildman–Crippen LogP) is 4.72. The zero-order valence-corrected chi connectivity index (χ0v) is 17.9. The number of nitrogens with zero attached hydrogens (tertiary/aromatic N) is 2. The van der Waals surface area contributed by atoms with E-state index in [0.717, 1.165) is 12.0 Å². The number of para-hydroxylation sites is 1. The van der Waals surface area contributed by atoms with Gasteiger partial charge in [-0.25, -0.2) is 4.79 Å². The maximum atomic E-state index is 12.6. The summed E-state index contributed by atoms with van der Waals surface area (Å²) in [6.45, 7) is 8.14. The third-order valence-corrected chi connectivity index (χ3v) is 5.28. The molecule has 29 heavy (non-hydrogen) atoms. The molecule has 0 bridgehead atoms. The Kier molecular flexibility index (Phi) is 6.49. The van der Waals surface area contributed by atoms with E-state index in [9.17, 15) is 9.59 Å². The molecule has 0 radical (unpaired) electrons. The quantitative estimate of drug-likeness (QED) is 0.570. The SMILES string of the molecule is CCOC(=O)c1c(CC(C)C)csc1Nc1cc(=O)n(-c2ccccc2)nc1C. The number of hydrogen-bond donors (Lipinski definition) is 1. The molecule has 0 aliphatic rings. The van der Waals surface area contributed by atoms with Gasteiger partial charge in [-0.05, 0) is 49.3 Å². The van der Waals surface area contributed by atoms with Crippen molar-refractivity contribution in [2.45, 2.75) is 34.1 Å². The molecule has 0 aliphatic carbocycles. The van der Waals surface area contributed by atoms with Gasteiger partial charge in [0.1, 0.15) is 5.00 Å². The maximum Gasteiger partial charge on any atom is 0.341 e. The van der Waals surface area contributed by atoms with Gasteiger partial charge in [-0.15, -0.1) is 11.3 Å². The first kappa shape index (κ1) is 20.8. The van der Waals surface area contributed by atoms with Crippen LogP contribution in [-0.4, -0.2) is 22.4 Å². The summed E-state index contributed by atoms with van der Waals surface area (Å²) in [5.74, 6) is 0.0546. The molecular weight excluding hydrogens is 386 g/mol. The van der Waals surface area contributed by atoms with Crippen LogP contribution in [0.3, 0.4) is 0 Å². The first-order valence-electron chi connectivity index (χ1n) is 9.61. The van der Waals surface area contributed by atoms with Crippen molar-refractivity contribution in [3.05, 3.63) is 69.0 Å².